The summed E-state index contributed by atoms with van der Waals surface area (Å²) in [5.74, 6) is -1.65. The average Bonchev–Trinajstić information content (AvgIpc) is 3.97. The second-order valence-corrected chi connectivity index (χ2v) is 16.9. The number of hydrogen-bond acceptors (Lipinski definition) is 9. The van der Waals surface area contributed by atoms with Crippen molar-refractivity contribution in [2.75, 3.05) is 13.2 Å². The van der Waals surface area contributed by atoms with Crippen molar-refractivity contribution in [1.29, 1.82) is 5.26 Å². The maximum Gasteiger partial charge on any atom is 0.407 e. The van der Waals surface area contributed by atoms with E-state index in [2.05, 4.69) is 21.4 Å². The first-order valence-electron chi connectivity index (χ1n) is 17.5. The molecule has 2 aliphatic heterocycles. The van der Waals surface area contributed by atoms with Crippen LogP contribution in [0.2, 0.25) is 0 Å². The summed E-state index contributed by atoms with van der Waals surface area (Å²) in [5.41, 5.74) is -0.851. The number of nitriles is 1. The summed E-state index contributed by atoms with van der Waals surface area (Å²) in [4.78, 5) is 56.3. The molecule has 2 aliphatic carbocycles. The molecule has 5 atom stereocenters. The molecule has 2 heterocycles. The molecule has 1 aromatic rings. The minimum atomic E-state index is -3.85. The predicted molar refractivity (Wildman–Crippen MR) is 180 cm³/mol. The van der Waals surface area contributed by atoms with Crippen molar-refractivity contribution in [2.24, 2.45) is 11.3 Å². The van der Waals surface area contributed by atoms with Gasteiger partial charge in [0.2, 0.25) is 21.8 Å². The summed E-state index contributed by atoms with van der Waals surface area (Å²) in [6, 6.07) is 5.31. The molecule has 5 rings (SSSR count). The largest absolute Gasteiger partial charge is 0.488 e. The number of sulfonamides is 1. The summed E-state index contributed by atoms with van der Waals surface area (Å²) in [7, 11) is -3.85. The number of alkyl carbamates (subject to hydrolysis) is 1. The first-order chi connectivity index (χ1) is 23.2. The molecule has 49 heavy (non-hydrogen) atoms. The number of fused-ring (bicyclic) bond motifs is 3. The highest BCUT2D eigenvalue weighted by molar-refractivity contribution is 7.91. The minimum absolute atomic E-state index is 0.00289. The molecule has 1 aromatic carbocycles. The van der Waals surface area contributed by atoms with E-state index in [0.717, 1.165) is 31.2 Å². The van der Waals surface area contributed by atoms with Gasteiger partial charge in [0.25, 0.3) is 5.91 Å². The highest BCUT2D eigenvalue weighted by Crippen LogP contribution is 2.47. The van der Waals surface area contributed by atoms with Crippen LogP contribution in [-0.4, -0.2) is 79.3 Å². The zero-order valence-electron chi connectivity index (χ0n) is 28.9. The van der Waals surface area contributed by atoms with Gasteiger partial charge in [0.05, 0.1) is 30.0 Å². The number of benzene rings is 1. The zero-order valence-corrected chi connectivity index (χ0v) is 29.7. The van der Waals surface area contributed by atoms with Crippen molar-refractivity contribution >= 4 is 33.8 Å². The molecule has 4 amide bonds. The molecule has 1 unspecified atom stereocenters. The van der Waals surface area contributed by atoms with E-state index >= 15 is 0 Å². The molecule has 268 valence electrons. The van der Waals surface area contributed by atoms with Gasteiger partial charge in [-0.15, -0.1) is 0 Å². The van der Waals surface area contributed by atoms with E-state index in [-0.39, 0.29) is 31.9 Å². The number of nitrogens with one attached hydrogen (secondary N) is 3. The van der Waals surface area contributed by atoms with Gasteiger partial charge in [-0.1, -0.05) is 59.4 Å². The highest BCUT2D eigenvalue weighted by atomic mass is 32.2. The van der Waals surface area contributed by atoms with E-state index in [9.17, 15) is 32.9 Å². The molecule has 0 radical (unpaired) electrons. The predicted octanol–water partition coefficient (Wildman–Crippen LogP) is 3.45. The lowest BCUT2D eigenvalue weighted by Gasteiger charge is -2.35. The topological polar surface area (TPSA) is 184 Å². The number of rotatable bonds is 6. The van der Waals surface area contributed by atoms with Crippen LogP contribution >= 0.6 is 0 Å². The molecule has 1 saturated heterocycles. The standard InChI is InChI=1S/C35H49N5O8S/c1-5-24-19-35(24,32(43)39-49(45,46)26-14-15-26)38-30(41)27-18-25-21-40(27)31(42)29(34(2,3)4)37-33(44)47-16-10-8-6-7-9-11-23-13-12-22(20-36)17-28(23)48-25/h12-13,17,24-27,29H,5-11,14-16,18-19,21H2,1-4H3,(H,37,44)(H,38,41)(H,39,43)/t24?,25-,27+,29-,35-/m1/s1. The lowest BCUT2D eigenvalue weighted by molar-refractivity contribution is -0.142. The van der Waals surface area contributed by atoms with Gasteiger partial charge in [0, 0.05) is 6.42 Å². The molecular formula is C35H49N5O8S. The quantitative estimate of drug-likeness (QED) is 0.400. The van der Waals surface area contributed by atoms with E-state index in [1.54, 1.807) is 32.9 Å². The van der Waals surface area contributed by atoms with Gasteiger partial charge in [-0.3, -0.25) is 19.1 Å². The third-order valence-corrected chi connectivity index (χ3v) is 11.9. The Bertz CT molecular complexity index is 1600. The van der Waals surface area contributed by atoms with Gasteiger partial charge in [-0.2, -0.15) is 5.26 Å². The number of carbonyl (C=O) groups is 4. The van der Waals surface area contributed by atoms with Crippen LogP contribution in [0.3, 0.4) is 0 Å². The van der Waals surface area contributed by atoms with Crippen LogP contribution in [0.1, 0.15) is 103 Å². The molecule has 0 aromatic heterocycles. The fourth-order valence-electron chi connectivity index (χ4n) is 6.88. The summed E-state index contributed by atoms with van der Waals surface area (Å²) < 4.78 is 39.4. The Kier molecular flexibility index (Phi) is 10.8. The third kappa shape index (κ3) is 8.48. The molecule has 2 bridgehead atoms. The fourth-order valence-corrected chi connectivity index (χ4v) is 8.24. The van der Waals surface area contributed by atoms with Crippen LogP contribution < -0.4 is 20.1 Å². The summed E-state index contributed by atoms with van der Waals surface area (Å²) >= 11 is 0. The van der Waals surface area contributed by atoms with Gasteiger partial charge >= 0.3 is 6.09 Å². The second-order valence-electron chi connectivity index (χ2n) is 15.0. The van der Waals surface area contributed by atoms with Gasteiger partial charge in [0.15, 0.2) is 0 Å². The number of cyclic esters (lactones) is 1. The zero-order chi connectivity index (χ0) is 35.6. The minimum Gasteiger partial charge on any atom is -0.488 e. The molecular weight excluding hydrogens is 650 g/mol. The molecule has 2 saturated carbocycles. The van der Waals surface area contributed by atoms with Gasteiger partial charge in [-0.25, -0.2) is 13.2 Å². The van der Waals surface area contributed by atoms with Crippen LogP contribution in [0.25, 0.3) is 0 Å². The third-order valence-electron chi connectivity index (χ3n) is 10.1. The van der Waals surface area contributed by atoms with Crippen LogP contribution in [-0.2, 0) is 35.6 Å². The SMILES string of the molecule is CCC1C[C@]1(NC(=O)[C@@H]1C[C@@H]2CN1C(=O)[C@H](C(C)(C)C)NC(=O)OCCCCCCCc1ccc(C#N)cc1O2)C(=O)NS(=O)(=O)C1CC1. The maximum absolute atomic E-state index is 14.4. The highest BCUT2D eigenvalue weighted by Gasteiger charge is 2.62. The number of hydrogen-bond donors (Lipinski definition) is 3. The number of amides is 4. The Hall–Kier alpha value is -3.86. The molecule has 3 fully saturated rings. The van der Waals surface area contributed by atoms with Crippen molar-refractivity contribution < 1.29 is 37.1 Å². The Labute approximate surface area is 288 Å². The first kappa shape index (κ1) is 36.4. The Morgan fingerprint density at radius 1 is 1.12 bits per heavy atom. The monoisotopic (exact) mass is 699 g/mol. The Morgan fingerprint density at radius 2 is 1.84 bits per heavy atom. The number of carbonyl (C=O) groups excluding carboxylic acids is 4. The molecule has 13 nitrogen and oxygen atoms in total. The van der Waals surface area contributed by atoms with Crippen LogP contribution in [0.4, 0.5) is 4.79 Å². The average molecular weight is 700 g/mol. The number of ether oxygens (including phenoxy) is 2. The van der Waals surface area contributed by atoms with Crippen LogP contribution in [0, 0.1) is 22.7 Å². The van der Waals surface area contributed by atoms with Gasteiger partial charge in [0.1, 0.15) is 29.5 Å². The first-order valence-corrected chi connectivity index (χ1v) is 19.0. The lowest BCUT2D eigenvalue weighted by Crippen LogP contribution is -2.60. The van der Waals surface area contributed by atoms with Crippen molar-refractivity contribution in [1.82, 2.24) is 20.3 Å². The van der Waals surface area contributed by atoms with Crippen LogP contribution in [0.15, 0.2) is 18.2 Å². The number of aryl methyl sites for hydroxylation is 1. The summed E-state index contributed by atoms with van der Waals surface area (Å²) in [5, 5.41) is 14.6. The fraction of sp³-hybridized carbons (Fsp3) is 0.686. The summed E-state index contributed by atoms with van der Waals surface area (Å²) in [6.45, 7) is 7.48. The van der Waals surface area contributed by atoms with Gasteiger partial charge in [-0.05, 0) is 67.6 Å². The van der Waals surface area contributed by atoms with E-state index in [1.807, 2.05) is 13.0 Å². The molecule has 0 spiro atoms. The van der Waals surface area contributed by atoms with E-state index in [1.165, 1.54) is 4.90 Å². The van der Waals surface area contributed by atoms with Crippen molar-refractivity contribution in [2.45, 2.75) is 127 Å². The number of nitrogens with zero attached hydrogens (tertiary/aromatic N) is 2. The van der Waals surface area contributed by atoms with Crippen LogP contribution in [0.5, 0.6) is 5.75 Å². The maximum atomic E-state index is 14.4. The van der Waals surface area contributed by atoms with Gasteiger partial charge < -0.3 is 25.0 Å². The molecule has 14 heteroatoms. The summed E-state index contributed by atoms with van der Waals surface area (Å²) in [6.07, 6.45) is 5.53. The smallest absolute Gasteiger partial charge is 0.407 e. The van der Waals surface area contributed by atoms with Crippen molar-refractivity contribution in [3.8, 4) is 11.8 Å². The molecule has 3 N–H and O–H groups in total. The Balaban J connectivity index is 1.46. The lowest BCUT2D eigenvalue weighted by atomic mass is 9.85. The van der Waals surface area contributed by atoms with Crippen molar-refractivity contribution in [3.05, 3.63) is 29.3 Å². The van der Waals surface area contributed by atoms with E-state index in [0.29, 0.717) is 43.4 Å². The van der Waals surface area contributed by atoms with E-state index in [4.69, 9.17) is 9.47 Å². The molecule has 4 aliphatic rings. The van der Waals surface area contributed by atoms with E-state index < -0.39 is 68.2 Å². The normalized spacial score (nSPS) is 28.3. The Morgan fingerprint density at radius 3 is 2.49 bits per heavy atom. The second kappa shape index (κ2) is 14.5. The van der Waals surface area contributed by atoms with Crippen molar-refractivity contribution in [3.63, 3.8) is 0 Å².